The average Bonchev–Trinajstić information content (AvgIpc) is 2.22. The first-order valence-electron chi connectivity index (χ1n) is 6.47. The Kier molecular flexibility index (Phi) is 6.91. The molecule has 0 aromatic heterocycles. The van der Waals surface area contributed by atoms with Crippen molar-refractivity contribution in [2.75, 3.05) is 6.61 Å². The average molecular weight is 268 g/mol. The van der Waals surface area contributed by atoms with Crippen LogP contribution in [0.4, 0.5) is 0 Å². The van der Waals surface area contributed by atoms with Crippen LogP contribution in [-0.4, -0.2) is 27.1 Å². The van der Waals surface area contributed by atoms with E-state index in [1.54, 1.807) is 6.08 Å². The minimum absolute atomic E-state index is 0.0158. The van der Waals surface area contributed by atoms with E-state index in [1.807, 2.05) is 13.8 Å². The Bertz CT molecular complexity index is 318. The van der Waals surface area contributed by atoms with Crippen molar-refractivity contribution in [2.24, 2.45) is 0 Å². The summed E-state index contributed by atoms with van der Waals surface area (Å²) in [6.07, 6.45) is 1.72. The first kappa shape index (κ1) is 17.4. The quantitative estimate of drug-likeness (QED) is 0.412. The molecular weight excluding hydrogens is 240 g/mol. The summed E-state index contributed by atoms with van der Waals surface area (Å²) in [6, 6.07) is 0. The molecule has 0 aliphatic carbocycles. The van der Waals surface area contributed by atoms with Gasteiger partial charge in [0.25, 0.3) is 0 Å². The smallest absolute Gasteiger partial charge is 0.192 e. The van der Waals surface area contributed by atoms with E-state index in [4.69, 9.17) is 9.16 Å². The van der Waals surface area contributed by atoms with E-state index in [0.717, 1.165) is 0 Å². The van der Waals surface area contributed by atoms with Crippen LogP contribution < -0.4 is 0 Å². The molecule has 0 radical (unpaired) electrons. The van der Waals surface area contributed by atoms with Gasteiger partial charge in [-0.25, -0.2) is 0 Å². The second kappa shape index (κ2) is 7.13. The zero-order chi connectivity index (χ0) is 14.4. The molecule has 2 nitrogen and oxygen atoms in total. The summed E-state index contributed by atoms with van der Waals surface area (Å²) in [7, 11) is -1.76. The van der Waals surface area contributed by atoms with Crippen LogP contribution in [-0.2, 0) is 9.16 Å². The third-order valence-electron chi connectivity index (χ3n) is 3.51. The molecule has 18 heavy (non-hydrogen) atoms. The molecule has 0 aromatic rings. The fourth-order valence-electron chi connectivity index (χ4n) is 1.31. The van der Waals surface area contributed by atoms with Crippen LogP contribution in [0.5, 0.6) is 0 Å². The highest BCUT2D eigenvalue weighted by atomic mass is 28.4. The van der Waals surface area contributed by atoms with Gasteiger partial charge < -0.3 is 9.16 Å². The molecular formula is C15H28O2Si. The van der Waals surface area contributed by atoms with Crippen LogP contribution in [0.2, 0.25) is 18.1 Å². The Hall–Kier alpha value is -0.563. The molecule has 0 unspecified atom stereocenters. The molecule has 0 saturated heterocycles. The molecule has 0 spiro atoms. The molecule has 2 atom stereocenters. The van der Waals surface area contributed by atoms with Gasteiger partial charge in [-0.1, -0.05) is 32.8 Å². The van der Waals surface area contributed by atoms with E-state index in [-0.39, 0.29) is 17.2 Å². The predicted octanol–water partition coefficient (Wildman–Crippen LogP) is 3.99. The third kappa shape index (κ3) is 5.39. The number of hydrogen-bond acceptors (Lipinski definition) is 2. The first-order chi connectivity index (χ1) is 8.15. The summed E-state index contributed by atoms with van der Waals surface area (Å²) in [5.74, 6) is 5.71. The van der Waals surface area contributed by atoms with Gasteiger partial charge in [0.05, 0.1) is 6.10 Å². The van der Waals surface area contributed by atoms with Crippen molar-refractivity contribution in [3.8, 4) is 11.8 Å². The minimum Gasteiger partial charge on any atom is -0.411 e. The predicted molar refractivity (Wildman–Crippen MR) is 81.1 cm³/mol. The Morgan fingerprint density at radius 3 is 2.28 bits per heavy atom. The van der Waals surface area contributed by atoms with E-state index in [1.165, 1.54) is 0 Å². The van der Waals surface area contributed by atoms with Crippen LogP contribution in [0, 0.1) is 11.8 Å². The maximum Gasteiger partial charge on any atom is 0.192 e. The van der Waals surface area contributed by atoms with Crippen LogP contribution in [0.1, 0.15) is 34.6 Å². The summed E-state index contributed by atoms with van der Waals surface area (Å²) < 4.78 is 11.9. The van der Waals surface area contributed by atoms with Crippen molar-refractivity contribution in [2.45, 2.75) is 65.0 Å². The zero-order valence-electron chi connectivity index (χ0n) is 13.0. The lowest BCUT2D eigenvalue weighted by molar-refractivity contribution is 0.0198. The summed E-state index contributed by atoms with van der Waals surface area (Å²) in [6.45, 7) is 19.3. The molecule has 0 N–H and O–H groups in total. The zero-order valence-corrected chi connectivity index (χ0v) is 14.0. The van der Waals surface area contributed by atoms with E-state index in [0.29, 0.717) is 6.61 Å². The largest absolute Gasteiger partial charge is 0.411 e. The second-order valence-electron chi connectivity index (χ2n) is 6.02. The molecule has 0 heterocycles. The van der Waals surface area contributed by atoms with E-state index in [9.17, 15) is 0 Å². The monoisotopic (exact) mass is 268 g/mol. The number of ether oxygens (including phenoxy) is 1. The Morgan fingerprint density at radius 2 is 1.89 bits per heavy atom. The lowest BCUT2D eigenvalue weighted by Gasteiger charge is -2.39. The highest BCUT2D eigenvalue weighted by molar-refractivity contribution is 6.74. The van der Waals surface area contributed by atoms with Crippen molar-refractivity contribution in [1.82, 2.24) is 0 Å². The van der Waals surface area contributed by atoms with Crippen LogP contribution >= 0.6 is 0 Å². The normalized spacial score (nSPS) is 15.5. The van der Waals surface area contributed by atoms with Gasteiger partial charge in [-0.05, 0) is 32.0 Å². The van der Waals surface area contributed by atoms with Gasteiger partial charge in [-0.3, -0.25) is 0 Å². The number of rotatable bonds is 6. The molecule has 0 aliphatic rings. The third-order valence-corrected chi connectivity index (χ3v) is 8.08. The van der Waals surface area contributed by atoms with Gasteiger partial charge >= 0.3 is 0 Å². The summed E-state index contributed by atoms with van der Waals surface area (Å²) in [5.41, 5.74) is 0. The van der Waals surface area contributed by atoms with E-state index in [2.05, 4.69) is 52.3 Å². The van der Waals surface area contributed by atoms with Gasteiger partial charge in [0, 0.05) is 0 Å². The van der Waals surface area contributed by atoms with Crippen molar-refractivity contribution < 1.29 is 9.16 Å². The van der Waals surface area contributed by atoms with Gasteiger partial charge in [0.15, 0.2) is 8.32 Å². The Balaban J connectivity index is 4.55. The maximum atomic E-state index is 6.28. The topological polar surface area (TPSA) is 18.5 Å². The molecule has 0 rings (SSSR count). The van der Waals surface area contributed by atoms with E-state index < -0.39 is 8.32 Å². The van der Waals surface area contributed by atoms with Gasteiger partial charge in [-0.15, -0.1) is 12.5 Å². The lowest BCUT2D eigenvalue weighted by Crippen LogP contribution is -2.46. The van der Waals surface area contributed by atoms with Crippen molar-refractivity contribution >= 4 is 8.32 Å². The number of hydrogen-bond donors (Lipinski definition) is 0. The molecule has 0 saturated carbocycles. The Morgan fingerprint density at radius 1 is 1.33 bits per heavy atom. The highest BCUT2D eigenvalue weighted by Gasteiger charge is 2.39. The van der Waals surface area contributed by atoms with E-state index >= 15 is 0 Å². The van der Waals surface area contributed by atoms with Gasteiger partial charge in [0.1, 0.15) is 12.7 Å². The highest BCUT2D eigenvalue weighted by Crippen LogP contribution is 2.37. The minimum atomic E-state index is -1.76. The first-order valence-corrected chi connectivity index (χ1v) is 9.38. The summed E-state index contributed by atoms with van der Waals surface area (Å²) in [4.78, 5) is 0. The summed E-state index contributed by atoms with van der Waals surface area (Å²) >= 11 is 0. The van der Waals surface area contributed by atoms with Crippen molar-refractivity contribution in [3.05, 3.63) is 12.7 Å². The molecule has 3 heteroatoms. The SMILES string of the molecule is C=C[C@@H](OCC#CC)[C@H](C)O[Si](C)(C)C(C)(C)C. The second-order valence-corrected chi connectivity index (χ2v) is 10.8. The summed E-state index contributed by atoms with van der Waals surface area (Å²) in [5, 5.41) is 0.205. The fraction of sp³-hybridized carbons (Fsp3) is 0.733. The lowest BCUT2D eigenvalue weighted by atomic mass is 10.2. The molecule has 0 bridgehead atoms. The van der Waals surface area contributed by atoms with Crippen molar-refractivity contribution in [1.29, 1.82) is 0 Å². The van der Waals surface area contributed by atoms with Crippen molar-refractivity contribution in [3.63, 3.8) is 0 Å². The van der Waals surface area contributed by atoms with Gasteiger partial charge in [-0.2, -0.15) is 0 Å². The fourth-order valence-corrected chi connectivity index (χ4v) is 2.73. The van der Waals surface area contributed by atoms with Gasteiger partial charge in [0.2, 0.25) is 0 Å². The van der Waals surface area contributed by atoms with Crippen LogP contribution in [0.3, 0.4) is 0 Å². The maximum absolute atomic E-state index is 6.28. The molecule has 0 fully saturated rings. The van der Waals surface area contributed by atoms with Crippen LogP contribution in [0.15, 0.2) is 12.7 Å². The molecule has 0 aromatic carbocycles. The molecule has 0 aliphatic heterocycles. The Labute approximate surface area is 114 Å². The molecule has 0 amide bonds. The standard InChI is InChI=1S/C15H28O2Si/c1-9-11-12-16-14(10-2)13(3)17-18(7,8)15(4,5)6/h10,13-14H,2,12H2,1,3-8H3/t13-,14+/m0/s1. The van der Waals surface area contributed by atoms with Crippen LogP contribution in [0.25, 0.3) is 0 Å². The molecule has 104 valence electrons.